The van der Waals surface area contributed by atoms with Crippen molar-refractivity contribution in [3.63, 3.8) is 0 Å². The molecule has 0 spiro atoms. The molecule has 0 radical (unpaired) electrons. The zero-order valence-electron chi connectivity index (χ0n) is 17.7. The topological polar surface area (TPSA) is 73.8 Å². The Morgan fingerprint density at radius 3 is 2.52 bits per heavy atom. The molecule has 0 bridgehead atoms. The lowest BCUT2D eigenvalue weighted by Crippen LogP contribution is -2.37. The Kier molecular flexibility index (Phi) is 5.06. The number of fused-ring (bicyclic) bond motifs is 1. The first kappa shape index (κ1) is 19.5. The van der Waals surface area contributed by atoms with Gasteiger partial charge in [0.05, 0.1) is 6.54 Å². The van der Waals surface area contributed by atoms with Gasteiger partial charge in [-0.25, -0.2) is 4.79 Å². The van der Waals surface area contributed by atoms with Gasteiger partial charge in [-0.3, -0.25) is 18.5 Å². The predicted octanol–water partition coefficient (Wildman–Crippen LogP) is 2.84. The predicted molar refractivity (Wildman–Crippen MR) is 116 cm³/mol. The van der Waals surface area contributed by atoms with Crippen LogP contribution in [0.1, 0.15) is 48.8 Å². The molecule has 1 aromatic carbocycles. The molecule has 29 heavy (non-hydrogen) atoms. The van der Waals surface area contributed by atoms with E-state index < -0.39 is 0 Å². The second-order valence-corrected chi connectivity index (χ2v) is 8.31. The number of nitrogens with zero attached hydrogens (tertiary/aromatic N) is 4. The summed E-state index contributed by atoms with van der Waals surface area (Å²) in [7, 11) is 3.19. The van der Waals surface area contributed by atoms with Crippen LogP contribution in [0.4, 0.5) is 5.95 Å². The number of rotatable bonds is 4. The van der Waals surface area contributed by atoms with Crippen LogP contribution in [0.25, 0.3) is 11.2 Å². The maximum atomic E-state index is 13.0. The number of aryl methyl sites for hydroxylation is 3. The summed E-state index contributed by atoms with van der Waals surface area (Å²) in [6, 6.07) is 6.69. The third-order valence-electron chi connectivity index (χ3n) is 6.12. The highest BCUT2D eigenvalue weighted by Crippen LogP contribution is 2.25. The Labute approximate surface area is 170 Å². The molecule has 1 fully saturated rings. The van der Waals surface area contributed by atoms with Crippen molar-refractivity contribution in [2.45, 2.75) is 58.5 Å². The molecule has 2 heterocycles. The van der Waals surface area contributed by atoms with Crippen LogP contribution in [-0.4, -0.2) is 24.7 Å². The molecular formula is C22H29N5O2. The minimum Gasteiger partial charge on any atom is -0.353 e. The average molecular weight is 396 g/mol. The van der Waals surface area contributed by atoms with Crippen molar-refractivity contribution in [1.82, 2.24) is 18.7 Å². The van der Waals surface area contributed by atoms with Gasteiger partial charge in [0.1, 0.15) is 0 Å². The molecule has 0 saturated heterocycles. The Hall–Kier alpha value is -2.83. The van der Waals surface area contributed by atoms with Gasteiger partial charge in [0.15, 0.2) is 11.2 Å². The van der Waals surface area contributed by atoms with Crippen LogP contribution in [0.2, 0.25) is 0 Å². The van der Waals surface area contributed by atoms with Crippen molar-refractivity contribution in [1.29, 1.82) is 0 Å². The zero-order valence-corrected chi connectivity index (χ0v) is 17.7. The van der Waals surface area contributed by atoms with E-state index in [1.54, 1.807) is 7.05 Å². The van der Waals surface area contributed by atoms with Crippen molar-refractivity contribution >= 4 is 17.1 Å². The van der Waals surface area contributed by atoms with Crippen LogP contribution in [0.5, 0.6) is 0 Å². The maximum absolute atomic E-state index is 13.0. The molecule has 7 heteroatoms. The highest BCUT2D eigenvalue weighted by atomic mass is 16.2. The molecule has 0 aliphatic heterocycles. The van der Waals surface area contributed by atoms with Crippen molar-refractivity contribution < 1.29 is 0 Å². The molecule has 0 amide bonds. The largest absolute Gasteiger partial charge is 0.353 e. The molecule has 4 rings (SSSR count). The van der Waals surface area contributed by atoms with Gasteiger partial charge in [-0.15, -0.1) is 0 Å². The van der Waals surface area contributed by atoms with Gasteiger partial charge < -0.3 is 5.32 Å². The fourth-order valence-corrected chi connectivity index (χ4v) is 4.28. The molecule has 1 saturated carbocycles. The summed E-state index contributed by atoms with van der Waals surface area (Å²) in [5, 5.41) is 3.57. The Morgan fingerprint density at radius 2 is 1.79 bits per heavy atom. The highest BCUT2D eigenvalue weighted by Gasteiger charge is 2.22. The number of aromatic nitrogens is 4. The Balaban J connectivity index is 1.90. The van der Waals surface area contributed by atoms with Crippen molar-refractivity contribution in [3.05, 3.63) is 55.7 Å². The first-order chi connectivity index (χ1) is 13.9. The van der Waals surface area contributed by atoms with E-state index in [-0.39, 0.29) is 11.2 Å². The quantitative estimate of drug-likeness (QED) is 0.737. The standard InChI is InChI=1S/C22H29N5O2/c1-14-10-11-15(2)16(12-14)13-27-18-19(25(3)22(29)26(4)20(18)28)24-21(27)23-17-8-6-5-7-9-17/h10-12,17H,5-9,13H2,1-4H3,(H,23,24). The fraction of sp³-hybridized carbons (Fsp3) is 0.500. The summed E-state index contributed by atoms with van der Waals surface area (Å²) < 4.78 is 4.57. The molecular weight excluding hydrogens is 366 g/mol. The van der Waals surface area contributed by atoms with Crippen LogP contribution in [-0.2, 0) is 20.6 Å². The van der Waals surface area contributed by atoms with Crippen LogP contribution >= 0.6 is 0 Å². The molecule has 154 valence electrons. The van der Waals surface area contributed by atoms with Crippen LogP contribution in [0.3, 0.4) is 0 Å². The molecule has 7 nitrogen and oxygen atoms in total. The number of benzene rings is 1. The first-order valence-corrected chi connectivity index (χ1v) is 10.4. The van der Waals surface area contributed by atoms with Gasteiger partial charge in [0, 0.05) is 20.1 Å². The fourth-order valence-electron chi connectivity index (χ4n) is 4.28. The SMILES string of the molecule is Cc1ccc(C)c(Cn2c(NC3CCCCC3)nc3c2c(=O)n(C)c(=O)n3C)c1. The van der Waals surface area contributed by atoms with E-state index in [0.29, 0.717) is 29.7 Å². The number of nitrogens with one attached hydrogen (secondary N) is 1. The molecule has 0 unspecified atom stereocenters. The normalized spacial score (nSPS) is 15.2. The molecule has 1 N–H and O–H groups in total. The third kappa shape index (κ3) is 3.50. The molecule has 1 aliphatic rings. The van der Waals surface area contributed by atoms with Gasteiger partial charge >= 0.3 is 5.69 Å². The summed E-state index contributed by atoms with van der Waals surface area (Å²) in [6.07, 6.45) is 5.88. The maximum Gasteiger partial charge on any atom is 0.332 e. The Bertz CT molecular complexity index is 1180. The minimum atomic E-state index is -0.358. The van der Waals surface area contributed by atoms with Crippen molar-refractivity contribution in [2.24, 2.45) is 14.1 Å². The molecule has 3 aromatic rings. The number of hydrogen-bond acceptors (Lipinski definition) is 4. The van der Waals surface area contributed by atoms with E-state index in [1.165, 1.54) is 42.0 Å². The van der Waals surface area contributed by atoms with Gasteiger partial charge in [-0.2, -0.15) is 4.98 Å². The number of anilines is 1. The third-order valence-corrected chi connectivity index (χ3v) is 6.12. The van der Waals surface area contributed by atoms with Gasteiger partial charge in [0.2, 0.25) is 5.95 Å². The van der Waals surface area contributed by atoms with E-state index in [9.17, 15) is 9.59 Å². The van der Waals surface area contributed by atoms with Crippen LogP contribution in [0.15, 0.2) is 27.8 Å². The minimum absolute atomic E-state index is 0.308. The second kappa shape index (κ2) is 7.54. The average Bonchev–Trinajstić information content (AvgIpc) is 3.06. The summed E-state index contributed by atoms with van der Waals surface area (Å²) >= 11 is 0. The summed E-state index contributed by atoms with van der Waals surface area (Å²) in [5.41, 5.74) is 3.72. The van der Waals surface area contributed by atoms with Crippen LogP contribution < -0.4 is 16.6 Å². The molecule has 0 atom stereocenters. The van der Waals surface area contributed by atoms with E-state index in [2.05, 4.69) is 37.4 Å². The lowest BCUT2D eigenvalue weighted by molar-refractivity contribution is 0.459. The summed E-state index contributed by atoms with van der Waals surface area (Å²) in [6.45, 7) is 4.68. The lowest BCUT2D eigenvalue weighted by atomic mass is 9.96. The summed E-state index contributed by atoms with van der Waals surface area (Å²) in [4.78, 5) is 30.2. The lowest BCUT2D eigenvalue weighted by Gasteiger charge is -2.24. The number of imidazole rings is 1. The molecule has 2 aromatic heterocycles. The second-order valence-electron chi connectivity index (χ2n) is 8.31. The van der Waals surface area contributed by atoms with E-state index in [0.717, 1.165) is 23.0 Å². The van der Waals surface area contributed by atoms with E-state index in [4.69, 9.17) is 4.98 Å². The van der Waals surface area contributed by atoms with Crippen LogP contribution in [0, 0.1) is 13.8 Å². The van der Waals surface area contributed by atoms with E-state index >= 15 is 0 Å². The molecule has 1 aliphatic carbocycles. The summed E-state index contributed by atoms with van der Waals surface area (Å²) in [5.74, 6) is 0.672. The van der Waals surface area contributed by atoms with Gasteiger partial charge in [-0.1, -0.05) is 43.0 Å². The monoisotopic (exact) mass is 395 g/mol. The van der Waals surface area contributed by atoms with E-state index in [1.807, 2.05) is 4.57 Å². The first-order valence-electron chi connectivity index (χ1n) is 10.4. The number of hydrogen-bond donors (Lipinski definition) is 1. The van der Waals surface area contributed by atoms with Gasteiger partial charge in [-0.05, 0) is 37.8 Å². The zero-order chi connectivity index (χ0) is 20.7. The van der Waals surface area contributed by atoms with Gasteiger partial charge in [0.25, 0.3) is 5.56 Å². The van der Waals surface area contributed by atoms with Crippen molar-refractivity contribution in [3.8, 4) is 0 Å². The highest BCUT2D eigenvalue weighted by molar-refractivity contribution is 5.74. The smallest absolute Gasteiger partial charge is 0.332 e. The van der Waals surface area contributed by atoms with Crippen molar-refractivity contribution in [2.75, 3.05) is 5.32 Å². The Morgan fingerprint density at radius 1 is 1.07 bits per heavy atom.